The molecule has 21 heavy (non-hydrogen) atoms. The van der Waals surface area contributed by atoms with Gasteiger partial charge in [-0.25, -0.2) is 4.68 Å². The van der Waals surface area contributed by atoms with Gasteiger partial charge in [-0.3, -0.25) is 0 Å². The second-order valence-electron chi connectivity index (χ2n) is 5.65. The minimum atomic E-state index is 0.264. The molecule has 2 aromatic rings. The van der Waals surface area contributed by atoms with E-state index in [2.05, 4.69) is 67.6 Å². The average Bonchev–Trinajstić information content (AvgIpc) is 2.92. The molecule has 1 unspecified atom stereocenters. The van der Waals surface area contributed by atoms with Crippen LogP contribution in [0.15, 0.2) is 24.3 Å². The summed E-state index contributed by atoms with van der Waals surface area (Å²) in [6.45, 7) is 8.76. The van der Waals surface area contributed by atoms with Gasteiger partial charge < -0.3 is 5.32 Å². The van der Waals surface area contributed by atoms with Gasteiger partial charge >= 0.3 is 0 Å². The van der Waals surface area contributed by atoms with Gasteiger partial charge in [0.25, 0.3) is 0 Å². The minimum absolute atomic E-state index is 0.264. The second-order valence-corrected chi connectivity index (χ2v) is 5.65. The molecule has 1 aromatic carbocycles. The molecular weight excluding hydrogens is 260 g/mol. The summed E-state index contributed by atoms with van der Waals surface area (Å²) in [7, 11) is 1.98. The predicted octanol–water partition coefficient (Wildman–Crippen LogP) is 3.62. The van der Waals surface area contributed by atoms with Crippen LogP contribution in [0.4, 0.5) is 0 Å². The van der Waals surface area contributed by atoms with Crippen LogP contribution < -0.4 is 5.32 Å². The topological polar surface area (TPSA) is 42.7 Å². The molecule has 1 atom stereocenters. The molecule has 0 aliphatic heterocycles. The summed E-state index contributed by atoms with van der Waals surface area (Å²) in [6.07, 6.45) is 1.93. The minimum Gasteiger partial charge on any atom is -0.312 e. The number of rotatable bonds is 6. The molecule has 0 spiro atoms. The van der Waals surface area contributed by atoms with E-state index in [9.17, 15) is 0 Å². The first-order chi connectivity index (χ1) is 10.1. The summed E-state index contributed by atoms with van der Waals surface area (Å²) < 4.78 is 2.02. The molecule has 1 N–H and O–H groups in total. The van der Waals surface area contributed by atoms with Crippen LogP contribution in [-0.2, 0) is 6.42 Å². The molecule has 0 saturated carbocycles. The van der Waals surface area contributed by atoms with Gasteiger partial charge in [0.2, 0.25) is 0 Å². The lowest BCUT2D eigenvalue weighted by molar-refractivity contribution is 0.555. The van der Waals surface area contributed by atoms with E-state index in [1.165, 1.54) is 11.3 Å². The first-order valence-electron chi connectivity index (χ1n) is 7.84. The van der Waals surface area contributed by atoms with E-state index in [1.807, 2.05) is 11.7 Å². The fraction of sp³-hybridized carbons (Fsp3) is 0.529. The maximum absolute atomic E-state index is 4.46. The number of hydrogen-bond acceptors (Lipinski definition) is 3. The van der Waals surface area contributed by atoms with Crippen LogP contribution in [0.2, 0.25) is 0 Å². The first kappa shape index (κ1) is 15.7. The molecule has 0 radical (unpaired) electrons. The molecule has 0 bridgehead atoms. The lowest BCUT2D eigenvalue weighted by atomic mass is 10.0. The Bertz CT molecular complexity index is 582. The van der Waals surface area contributed by atoms with Crippen LogP contribution >= 0.6 is 0 Å². The Hall–Kier alpha value is -1.68. The highest BCUT2D eigenvalue weighted by Gasteiger charge is 2.20. The monoisotopic (exact) mass is 286 g/mol. The van der Waals surface area contributed by atoms with Crippen molar-refractivity contribution in [3.8, 4) is 5.69 Å². The van der Waals surface area contributed by atoms with Crippen molar-refractivity contribution in [1.29, 1.82) is 0 Å². The molecule has 0 aliphatic rings. The quantitative estimate of drug-likeness (QED) is 0.882. The van der Waals surface area contributed by atoms with Crippen LogP contribution in [-0.4, -0.2) is 22.0 Å². The first-order valence-corrected chi connectivity index (χ1v) is 7.84. The van der Waals surface area contributed by atoms with Gasteiger partial charge in [0.05, 0.1) is 17.4 Å². The van der Waals surface area contributed by atoms with Crippen molar-refractivity contribution in [2.75, 3.05) is 7.05 Å². The zero-order valence-electron chi connectivity index (χ0n) is 13.7. The summed E-state index contributed by atoms with van der Waals surface area (Å²) in [5.74, 6) is 0.463. The van der Waals surface area contributed by atoms with Crippen LogP contribution in [0, 0.1) is 0 Å². The molecule has 1 aromatic heterocycles. The summed E-state index contributed by atoms with van der Waals surface area (Å²) in [5.41, 5.74) is 4.72. The Morgan fingerprint density at radius 3 is 2.48 bits per heavy atom. The SMILES string of the molecule is CCc1c(C(CC)NC)nnn1-c1ccccc1C(C)C. The summed E-state index contributed by atoms with van der Waals surface area (Å²) in [5, 5.41) is 12.2. The third-order valence-electron chi connectivity index (χ3n) is 4.00. The van der Waals surface area contributed by atoms with Crippen LogP contribution in [0.25, 0.3) is 5.69 Å². The van der Waals surface area contributed by atoms with E-state index in [1.54, 1.807) is 0 Å². The molecular formula is C17H26N4. The third-order valence-corrected chi connectivity index (χ3v) is 4.00. The molecule has 4 nitrogen and oxygen atoms in total. The van der Waals surface area contributed by atoms with Crippen LogP contribution in [0.3, 0.4) is 0 Å². The Morgan fingerprint density at radius 1 is 1.19 bits per heavy atom. The van der Waals surface area contributed by atoms with Crippen molar-refractivity contribution in [2.45, 2.75) is 52.5 Å². The van der Waals surface area contributed by atoms with Gasteiger partial charge in [-0.15, -0.1) is 5.10 Å². The Kier molecular flexibility index (Phi) is 5.12. The van der Waals surface area contributed by atoms with E-state index in [-0.39, 0.29) is 6.04 Å². The highest BCUT2D eigenvalue weighted by Crippen LogP contribution is 2.26. The maximum Gasteiger partial charge on any atom is 0.103 e. The molecule has 114 valence electrons. The smallest absolute Gasteiger partial charge is 0.103 e. The van der Waals surface area contributed by atoms with E-state index in [0.29, 0.717) is 5.92 Å². The normalized spacial score (nSPS) is 12.9. The van der Waals surface area contributed by atoms with Gasteiger partial charge in [0.1, 0.15) is 5.69 Å². The van der Waals surface area contributed by atoms with Crippen LogP contribution in [0.1, 0.15) is 63.0 Å². The maximum atomic E-state index is 4.46. The van der Waals surface area contributed by atoms with Crippen molar-refractivity contribution in [2.24, 2.45) is 0 Å². The van der Waals surface area contributed by atoms with Gasteiger partial charge in [0, 0.05) is 0 Å². The summed E-state index contributed by atoms with van der Waals surface area (Å²) in [4.78, 5) is 0. The summed E-state index contributed by atoms with van der Waals surface area (Å²) in [6, 6.07) is 8.73. The van der Waals surface area contributed by atoms with E-state index in [4.69, 9.17) is 0 Å². The largest absolute Gasteiger partial charge is 0.312 e. The molecule has 0 amide bonds. The van der Waals surface area contributed by atoms with Gasteiger partial charge in [0.15, 0.2) is 0 Å². The summed E-state index contributed by atoms with van der Waals surface area (Å²) >= 11 is 0. The molecule has 0 fully saturated rings. The number of nitrogens with zero attached hydrogens (tertiary/aromatic N) is 3. The third kappa shape index (κ3) is 3.00. The number of para-hydroxylation sites is 1. The Balaban J connectivity index is 2.56. The van der Waals surface area contributed by atoms with Crippen molar-refractivity contribution < 1.29 is 0 Å². The number of aromatic nitrogens is 3. The van der Waals surface area contributed by atoms with Gasteiger partial charge in [-0.2, -0.15) is 0 Å². The van der Waals surface area contributed by atoms with Crippen molar-refractivity contribution in [1.82, 2.24) is 20.3 Å². The molecule has 0 saturated heterocycles. The Labute approximate surface area is 127 Å². The van der Waals surface area contributed by atoms with Gasteiger partial charge in [-0.05, 0) is 37.4 Å². The molecule has 0 aliphatic carbocycles. The average molecular weight is 286 g/mol. The number of benzene rings is 1. The molecule has 2 rings (SSSR count). The van der Waals surface area contributed by atoms with E-state index < -0.39 is 0 Å². The van der Waals surface area contributed by atoms with E-state index >= 15 is 0 Å². The number of hydrogen-bond donors (Lipinski definition) is 1. The standard InChI is InChI=1S/C17H26N4/c1-6-14(18-5)17-15(7-2)21(20-19-17)16-11-9-8-10-13(16)12(3)4/h8-12,14,18H,6-7H2,1-5H3. The fourth-order valence-corrected chi connectivity index (χ4v) is 2.81. The zero-order chi connectivity index (χ0) is 15.4. The fourth-order valence-electron chi connectivity index (χ4n) is 2.81. The lowest BCUT2D eigenvalue weighted by Gasteiger charge is -2.16. The second kappa shape index (κ2) is 6.85. The molecule has 4 heteroatoms. The number of nitrogens with one attached hydrogen (secondary N) is 1. The zero-order valence-corrected chi connectivity index (χ0v) is 13.7. The van der Waals surface area contributed by atoms with Crippen molar-refractivity contribution in [3.05, 3.63) is 41.2 Å². The van der Waals surface area contributed by atoms with Crippen LogP contribution in [0.5, 0.6) is 0 Å². The van der Waals surface area contributed by atoms with Crippen molar-refractivity contribution >= 4 is 0 Å². The van der Waals surface area contributed by atoms with E-state index in [0.717, 1.165) is 24.2 Å². The highest BCUT2D eigenvalue weighted by molar-refractivity contribution is 5.43. The molecule has 1 heterocycles. The van der Waals surface area contributed by atoms with Crippen molar-refractivity contribution in [3.63, 3.8) is 0 Å². The highest BCUT2D eigenvalue weighted by atomic mass is 15.4. The predicted molar refractivity (Wildman–Crippen MR) is 86.9 cm³/mol. The lowest BCUT2D eigenvalue weighted by Crippen LogP contribution is -2.17. The Morgan fingerprint density at radius 2 is 1.90 bits per heavy atom. The van der Waals surface area contributed by atoms with Gasteiger partial charge in [-0.1, -0.05) is 51.1 Å².